The zero-order chi connectivity index (χ0) is 24.3. The van der Waals surface area contributed by atoms with E-state index >= 15 is 0 Å². The molecule has 2 heterocycles. The molecule has 0 aromatic heterocycles. The molecule has 33 heavy (non-hydrogen) atoms. The highest BCUT2D eigenvalue weighted by Crippen LogP contribution is 2.31. The number of aliphatic hydroxyl groups excluding tert-OH is 2. The van der Waals surface area contributed by atoms with Crippen LogP contribution >= 0.6 is 0 Å². The minimum absolute atomic E-state index is 0.104. The molecular formula is C19H39N7O7. The van der Waals surface area contributed by atoms with E-state index in [9.17, 15) is 15.3 Å². The standard InChI is InChI=1S/C19H39N7O7/c1-25-16-13(28)18(30-6-19(16,24)29)33-15-11(26-7-21)4-10(23)14(12(15)27)32-17-9(22)3-2-8(5-20)31-17/h2,9-18,25-29H,3-7,20-24H2,1H3/t9?,10-,11+,12?,13?,14?,15-,16+,17+,18+,19-/m0/s1. The predicted octanol–water partition coefficient (Wildman–Crippen LogP) is -5.41. The van der Waals surface area contributed by atoms with Gasteiger partial charge in [-0.05, 0) is 26.0 Å². The van der Waals surface area contributed by atoms with Gasteiger partial charge in [-0.1, -0.05) is 0 Å². The van der Waals surface area contributed by atoms with Gasteiger partial charge >= 0.3 is 0 Å². The van der Waals surface area contributed by atoms with Gasteiger partial charge in [-0.15, -0.1) is 0 Å². The van der Waals surface area contributed by atoms with Crippen LogP contribution in [0.15, 0.2) is 11.8 Å². The summed E-state index contributed by atoms with van der Waals surface area (Å²) in [4.78, 5) is 0. The van der Waals surface area contributed by atoms with Crippen LogP contribution < -0.4 is 39.3 Å². The Bertz CT molecular complexity index is 672. The van der Waals surface area contributed by atoms with E-state index in [2.05, 4.69) is 10.6 Å². The quantitative estimate of drug-likeness (QED) is 0.146. The first-order chi connectivity index (χ1) is 15.6. The molecule has 0 spiro atoms. The molecule has 0 bridgehead atoms. The number of nitrogens with one attached hydrogen (secondary N) is 2. The SMILES string of the molecule is CN[C@@H]1C(O)[C@@H](O[C@@H]2C(O)C(O[C@H]3OC(CN)=CCC3N)[C@@H](N)C[C@H]2NCN)OC[C@]1(N)O. The van der Waals surface area contributed by atoms with Gasteiger partial charge in [-0.25, -0.2) is 0 Å². The summed E-state index contributed by atoms with van der Waals surface area (Å²) >= 11 is 0. The van der Waals surface area contributed by atoms with E-state index in [1.807, 2.05) is 0 Å². The van der Waals surface area contributed by atoms with Crippen molar-refractivity contribution in [2.24, 2.45) is 28.7 Å². The Labute approximate surface area is 192 Å². The van der Waals surface area contributed by atoms with Crippen LogP contribution in [0.5, 0.6) is 0 Å². The van der Waals surface area contributed by atoms with Crippen LogP contribution in [0.3, 0.4) is 0 Å². The van der Waals surface area contributed by atoms with Gasteiger partial charge in [-0.2, -0.15) is 0 Å². The molecule has 1 saturated heterocycles. The monoisotopic (exact) mass is 477 g/mol. The Hall–Kier alpha value is -0.980. The summed E-state index contributed by atoms with van der Waals surface area (Å²) in [5.74, 6) is 0.544. The molecule has 0 aromatic carbocycles. The Morgan fingerprint density at radius 1 is 1.12 bits per heavy atom. The number of likely N-dealkylation sites (N-methyl/N-ethyl adjacent to an activating group) is 1. The maximum Gasteiger partial charge on any atom is 0.215 e. The van der Waals surface area contributed by atoms with Crippen LogP contribution in [0.1, 0.15) is 12.8 Å². The highest BCUT2D eigenvalue weighted by atomic mass is 16.7. The normalized spacial score (nSPS) is 46.5. The Morgan fingerprint density at radius 3 is 2.45 bits per heavy atom. The number of ether oxygens (including phenoxy) is 4. The third kappa shape index (κ3) is 5.82. The molecule has 14 heteroatoms. The fourth-order valence-electron chi connectivity index (χ4n) is 4.58. The molecule has 3 aliphatic rings. The molecule has 15 N–H and O–H groups in total. The predicted molar refractivity (Wildman–Crippen MR) is 117 cm³/mol. The first-order valence-corrected chi connectivity index (χ1v) is 11.1. The summed E-state index contributed by atoms with van der Waals surface area (Å²) in [7, 11) is 1.54. The lowest BCUT2D eigenvalue weighted by Gasteiger charge is -2.48. The van der Waals surface area contributed by atoms with E-state index < -0.39 is 66.9 Å². The second-order valence-electron chi connectivity index (χ2n) is 8.79. The topological polar surface area (TPSA) is 252 Å². The van der Waals surface area contributed by atoms with Crippen LogP contribution in [0.4, 0.5) is 0 Å². The second kappa shape index (κ2) is 11.2. The number of aliphatic hydroxyl groups is 3. The molecule has 0 radical (unpaired) electrons. The van der Waals surface area contributed by atoms with Gasteiger partial charge in [0.15, 0.2) is 12.0 Å². The number of nitrogens with two attached hydrogens (primary N) is 5. The minimum Gasteiger partial charge on any atom is -0.467 e. The third-order valence-electron chi connectivity index (χ3n) is 6.37. The molecule has 3 rings (SSSR count). The van der Waals surface area contributed by atoms with Gasteiger partial charge in [0.1, 0.15) is 30.2 Å². The van der Waals surface area contributed by atoms with E-state index in [4.69, 9.17) is 47.6 Å². The number of hydrogen-bond donors (Lipinski definition) is 10. The fourth-order valence-corrected chi connectivity index (χ4v) is 4.58. The van der Waals surface area contributed by atoms with Gasteiger partial charge < -0.3 is 68.3 Å². The average molecular weight is 478 g/mol. The van der Waals surface area contributed by atoms with E-state index in [-0.39, 0.29) is 19.8 Å². The molecule has 2 aliphatic heterocycles. The van der Waals surface area contributed by atoms with Crippen molar-refractivity contribution in [2.45, 2.75) is 79.7 Å². The molecule has 4 unspecified atom stereocenters. The number of rotatable bonds is 8. The molecular weight excluding hydrogens is 438 g/mol. The fraction of sp³-hybridized carbons (Fsp3) is 0.895. The van der Waals surface area contributed by atoms with Crippen molar-refractivity contribution in [3.05, 3.63) is 11.8 Å². The van der Waals surface area contributed by atoms with Crippen molar-refractivity contribution >= 4 is 0 Å². The summed E-state index contributed by atoms with van der Waals surface area (Å²) in [6.45, 7) is 0.0000800. The molecule has 0 amide bonds. The summed E-state index contributed by atoms with van der Waals surface area (Å²) in [6, 6.07) is -2.46. The smallest absolute Gasteiger partial charge is 0.215 e. The highest BCUT2D eigenvalue weighted by Gasteiger charge is 2.51. The van der Waals surface area contributed by atoms with Gasteiger partial charge in [0, 0.05) is 18.8 Å². The molecule has 192 valence electrons. The first-order valence-electron chi connectivity index (χ1n) is 11.1. The van der Waals surface area contributed by atoms with Crippen LogP contribution in [0, 0.1) is 0 Å². The highest BCUT2D eigenvalue weighted by molar-refractivity contribution is 5.04. The Balaban J connectivity index is 1.75. The van der Waals surface area contributed by atoms with Crippen molar-refractivity contribution in [3.8, 4) is 0 Å². The lowest BCUT2D eigenvalue weighted by molar-refractivity contribution is -0.305. The van der Waals surface area contributed by atoms with Crippen molar-refractivity contribution < 1.29 is 34.3 Å². The van der Waals surface area contributed by atoms with Gasteiger partial charge in [0.25, 0.3) is 0 Å². The second-order valence-corrected chi connectivity index (χ2v) is 8.79. The van der Waals surface area contributed by atoms with Gasteiger partial charge in [0.2, 0.25) is 6.29 Å². The van der Waals surface area contributed by atoms with Gasteiger partial charge in [0.05, 0.1) is 25.2 Å². The van der Waals surface area contributed by atoms with E-state index in [1.165, 1.54) is 0 Å². The lowest BCUT2D eigenvalue weighted by atomic mass is 9.83. The van der Waals surface area contributed by atoms with Crippen molar-refractivity contribution in [1.29, 1.82) is 0 Å². The average Bonchev–Trinajstić information content (AvgIpc) is 2.76. The Kier molecular flexibility index (Phi) is 9.01. The summed E-state index contributed by atoms with van der Waals surface area (Å²) < 4.78 is 23.2. The summed E-state index contributed by atoms with van der Waals surface area (Å²) in [6.07, 6.45) is -3.80. The van der Waals surface area contributed by atoms with Crippen molar-refractivity contribution in [1.82, 2.24) is 10.6 Å². The zero-order valence-corrected chi connectivity index (χ0v) is 18.7. The molecule has 1 saturated carbocycles. The molecule has 11 atom stereocenters. The maximum absolute atomic E-state index is 11.2. The zero-order valence-electron chi connectivity index (χ0n) is 18.7. The maximum atomic E-state index is 11.2. The first kappa shape index (κ1) is 26.6. The molecule has 14 nitrogen and oxygen atoms in total. The minimum atomic E-state index is -1.80. The van der Waals surface area contributed by atoms with Crippen LogP contribution in [0.25, 0.3) is 0 Å². The molecule has 2 fully saturated rings. The van der Waals surface area contributed by atoms with E-state index in [1.54, 1.807) is 13.1 Å². The number of hydrogen-bond acceptors (Lipinski definition) is 14. The summed E-state index contributed by atoms with van der Waals surface area (Å²) in [5, 5.41) is 38.0. The van der Waals surface area contributed by atoms with Crippen LogP contribution in [-0.2, 0) is 18.9 Å². The van der Waals surface area contributed by atoms with E-state index in [0.29, 0.717) is 18.6 Å². The Morgan fingerprint density at radius 2 is 1.82 bits per heavy atom. The van der Waals surface area contributed by atoms with Crippen molar-refractivity contribution in [3.63, 3.8) is 0 Å². The lowest BCUT2D eigenvalue weighted by Crippen LogP contribution is -2.72. The molecule has 0 aromatic rings. The molecule has 1 aliphatic carbocycles. The third-order valence-corrected chi connectivity index (χ3v) is 6.37. The van der Waals surface area contributed by atoms with Crippen LogP contribution in [-0.4, -0.2) is 109 Å². The van der Waals surface area contributed by atoms with Gasteiger partial charge in [-0.3, -0.25) is 5.32 Å². The summed E-state index contributed by atoms with van der Waals surface area (Å²) in [5.41, 5.74) is 27.8. The van der Waals surface area contributed by atoms with Crippen LogP contribution in [0.2, 0.25) is 0 Å². The van der Waals surface area contributed by atoms with Crippen molar-refractivity contribution in [2.75, 3.05) is 26.9 Å². The largest absolute Gasteiger partial charge is 0.467 e. The van der Waals surface area contributed by atoms with E-state index in [0.717, 1.165) is 0 Å².